The van der Waals surface area contributed by atoms with E-state index in [0.29, 0.717) is 0 Å². The van der Waals surface area contributed by atoms with E-state index in [-0.39, 0.29) is 5.92 Å². The average Bonchev–Trinajstić information content (AvgIpc) is 3.56. The third-order valence-electron chi connectivity index (χ3n) is 12.5. The van der Waals surface area contributed by atoms with Crippen molar-refractivity contribution in [3.8, 4) is 22.3 Å². The van der Waals surface area contributed by atoms with E-state index >= 15 is 0 Å². The zero-order valence-electron chi connectivity index (χ0n) is 31.7. The quantitative estimate of drug-likeness (QED) is 0.171. The van der Waals surface area contributed by atoms with Crippen LogP contribution in [0.4, 0.5) is 17.1 Å². The van der Waals surface area contributed by atoms with Gasteiger partial charge in [0.25, 0.3) is 0 Å². The molecule has 0 N–H and O–H groups in total. The van der Waals surface area contributed by atoms with E-state index in [1.807, 2.05) is 0 Å². The minimum Gasteiger partial charge on any atom is -0.310 e. The third-order valence-corrected chi connectivity index (χ3v) is 12.5. The van der Waals surface area contributed by atoms with Crippen molar-refractivity contribution in [3.63, 3.8) is 0 Å². The Bertz CT molecular complexity index is 2910. The SMILES string of the molecule is c1ccc(-c2cccc(N(c3ccccc3)c3ccc4c(c3)C3(c5ccccc5CCC4c4ccccc4)c4ccccc4-c4cc5ccccc5cc43)c2)cc1. The highest BCUT2D eigenvalue weighted by Gasteiger charge is 2.49. The minimum atomic E-state index is -0.556. The van der Waals surface area contributed by atoms with Crippen molar-refractivity contribution in [2.45, 2.75) is 24.2 Å². The molecule has 270 valence electrons. The van der Waals surface area contributed by atoms with Crippen LogP contribution in [0.25, 0.3) is 33.0 Å². The molecule has 2 aliphatic rings. The number of anilines is 3. The van der Waals surface area contributed by atoms with E-state index in [9.17, 15) is 0 Å². The monoisotopic (exact) mass is 727 g/mol. The molecule has 9 aromatic rings. The Kier molecular flexibility index (Phi) is 8.00. The number of rotatable bonds is 5. The van der Waals surface area contributed by atoms with Gasteiger partial charge in [0.15, 0.2) is 0 Å². The fourth-order valence-corrected chi connectivity index (χ4v) is 10.1. The normalized spacial score (nSPS) is 16.5. The molecule has 0 bridgehead atoms. The summed E-state index contributed by atoms with van der Waals surface area (Å²) in [7, 11) is 0. The van der Waals surface area contributed by atoms with E-state index in [1.165, 1.54) is 72.0 Å². The maximum absolute atomic E-state index is 2.55. The lowest BCUT2D eigenvalue weighted by atomic mass is 9.61. The predicted molar refractivity (Wildman–Crippen MR) is 238 cm³/mol. The predicted octanol–water partition coefficient (Wildman–Crippen LogP) is 14.4. The Labute approximate surface area is 335 Å². The summed E-state index contributed by atoms with van der Waals surface area (Å²) < 4.78 is 0. The van der Waals surface area contributed by atoms with Crippen LogP contribution in [0, 0.1) is 0 Å². The fraction of sp³-hybridized carbons (Fsp3) is 0.0714. The van der Waals surface area contributed by atoms with Crippen molar-refractivity contribution in [1.82, 2.24) is 0 Å². The molecule has 9 aromatic carbocycles. The number of hydrogen-bond acceptors (Lipinski definition) is 1. The van der Waals surface area contributed by atoms with Crippen LogP contribution in [0.15, 0.2) is 218 Å². The van der Waals surface area contributed by atoms with Gasteiger partial charge >= 0.3 is 0 Å². The maximum Gasteiger partial charge on any atom is 0.0720 e. The first-order chi connectivity index (χ1) is 28.3. The van der Waals surface area contributed by atoms with Crippen LogP contribution in [0.3, 0.4) is 0 Å². The van der Waals surface area contributed by atoms with E-state index < -0.39 is 5.41 Å². The molecule has 11 rings (SSSR count). The van der Waals surface area contributed by atoms with Crippen LogP contribution in [0.1, 0.15) is 51.3 Å². The zero-order chi connectivity index (χ0) is 37.8. The lowest BCUT2D eigenvalue weighted by Crippen LogP contribution is -2.33. The minimum absolute atomic E-state index is 0.212. The molecule has 0 radical (unpaired) electrons. The van der Waals surface area contributed by atoms with Crippen molar-refractivity contribution >= 4 is 27.8 Å². The van der Waals surface area contributed by atoms with Crippen LogP contribution in [0.2, 0.25) is 0 Å². The topological polar surface area (TPSA) is 3.24 Å². The summed E-state index contributed by atoms with van der Waals surface area (Å²) in [4.78, 5) is 2.45. The Morgan fingerprint density at radius 2 is 1.00 bits per heavy atom. The molecule has 0 saturated heterocycles. The molecule has 57 heavy (non-hydrogen) atoms. The molecule has 0 aromatic heterocycles. The van der Waals surface area contributed by atoms with Gasteiger partial charge in [-0.15, -0.1) is 0 Å². The number of hydrogen-bond donors (Lipinski definition) is 0. The number of para-hydroxylation sites is 1. The van der Waals surface area contributed by atoms with Gasteiger partial charge in [0.2, 0.25) is 0 Å². The number of nitrogens with zero attached hydrogens (tertiary/aromatic N) is 1. The van der Waals surface area contributed by atoms with Crippen LogP contribution < -0.4 is 4.90 Å². The van der Waals surface area contributed by atoms with Crippen LogP contribution in [-0.4, -0.2) is 0 Å². The Hall–Kier alpha value is -6.96. The van der Waals surface area contributed by atoms with Crippen LogP contribution >= 0.6 is 0 Å². The maximum atomic E-state index is 2.55. The third kappa shape index (κ3) is 5.38. The molecule has 2 atom stereocenters. The van der Waals surface area contributed by atoms with Crippen LogP contribution in [-0.2, 0) is 11.8 Å². The Morgan fingerprint density at radius 3 is 1.81 bits per heavy atom. The Morgan fingerprint density at radius 1 is 0.386 bits per heavy atom. The summed E-state index contributed by atoms with van der Waals surface area (Å²) in [6.45, 7) is 0. The second-order valence-electron chi connectivity index (χ2n) is 15.6. The second-order valence-corrected chi connectivity index (χ2v) is 15.6. The summed E-state index contributed by atoms with van der Waals surface area (Å²) >= 11 is 0. The highest BCUT2D eigenvalue weighted by Crippen LogP contribution is 2.60. The molecule has 2 aliphatic carbocycles. The van der Waals surface area contributed by atoms with Gasteiger partial charge in [-0.1, -0.05) is 170 Å². The summed E-state index contributed by atoms with van der Waals surface area (Å²) in [6.07, 6.45) is 2.02. The highest BCUT2D eigenvalue weighted by atomic mass is 15.1. The lowest BCUT2D eigenvalue weighted by molar-refractivity contribution is 0.644. The van der Waals surface area contributed by atoms with E-state index in [4.69, 9.17) is 0 Å². The van der Waals surface area contributed by atoms with Gasteiger partial charge in [0.1, 0.15) is 0 Å². The molecular weight excluding hydrogens is 687 g/mol. The zero-order valence-corrected chi connectivity index (χ0v) is 31.7. The largest absolute Gasteiger partial charge is 0.310 e. The van der Waals surface area contributed by atoms with Gasteiger partial charge in [0.05, 0.1) is 5.41 Å². The van der Waals surface area contributed by atoms with Gasteiger partial charge in [-0.2, -0.15) is 0 Å². The summed E-state index contributed by atoms with van der Waals surface area (Å²) in [5.41, 5.74) is 17.5. The molecule has 0 fully saturated rings. The average molecular weight is 728 g/mol. The first-order valence-corrected chi connectivity index (χ1v) is 20.2. The van der Waals surface area contributed by atoms with Gasteiger partial charge in [-0.05, 0) is 133 Å². The van der Waals surface area contributed by atoms with Crippen molar-refractivity contribution < 1.29 is 0 Å². The number of benzene rings is 9. The fourth-order valence-electron chi connectivity index (χ4n) is 10.1. The van der Waals surface area contributed by atoms with Crippen molar-refractivity contribution in [2.75, 3.05) is 4.90 Å². The first kappa shape index (κ1) is 33.4. The van der Waals surface area contributed by atoms with Gasteiger partial charge in [-0.3, -0.25) is 0 Å². The molecule has 0 heterocycles. The van der Waals surface area contributed by atoms with E-state index in [2.05, 4.69) is 223 Å². The molecule has 2 unspecified atom stereocenters. The highest BCUT2D eigenvalue weighted by molar-refractivity contribution is 5.96. The van der Waals surface area contributed by atoms with Crippen LogP contribution in [0.5, 0.6) is 0 Å². The summed E-state index contributed by atoms with van der Waals surface area (Å²) in [6, 6.07) is 81.5. The molecule has 0 amide bonds. The smallest absolute Gasteiger partial charge is 0.0720 e. The molecule has 1 nitrogen and oxygen atoms in total. The van der Waals surface area contributed by atoms with Gasteiger partial charge in [-0.25, -0.2) is 0 Å². The van der Waals surface area contributed by atoms with Gasteiger partial charge in [0, 0.05) is 23.0 Å². The second kappa shape index (κ2) is 13.7. The first-order valence-electron chi connectivity index (χ1n) is 20.2. The molecule has 0 aliphatic heterocycles. The van der Waals surface area contributed by atoms with E-state index in [0.717, 1.165) is 29.9 Å². The van der Waals surface area contributed by atoms with Crippen molar-refractivity contribution in [1.29, 1.82) is 0 Å². The summed E-state index contributed by atoms with van der Waals surface area (Å²) in [5, 5.41) is 2.54. The van der Waals surface area contributed by atoms with Gasteiger partial charge < -0.3 is 4.90 Å². The van der Waals surface area contributed by atoms with Crippen molar-refractivity contribution in [3.05, 3.63) is 257 Å². The molecule has 1 spiro atoms. The van der Waals surface area contributed by atoms with Crippen molar-refractivity contribution in [2.24, 2.45) is 0 Å². The van der Waals surface area contributed by atoms with E-state index in [1.54, 1.807) is 0 Å². The number of aryl methyl sites for hydroxylation is 1. The summed E-state index contributed by atoms with van der Waals surface area (Å²) in [5.74, 6) is 0.212. The molecule has 1 heteroatoms. The lowest BCUT2D eigenvalue weighted by Gasteiger charge is -2.41. The Balaban J connectivity index is 1.26. The number of fused-ring (bicyclic) bond motifs is 10. The molecule has 0 saturated carbocycles. The molecular formula is C56H41N. The standard InChI is InChI=1S/C56H41N/c1-4-17-39(18-5-1)42-24-16-27-46(35-42)57(45-25-8-3-9-26-45)47-32-34-50-48(40-19-6-2-7-20-40)33-31-41-21-12-14-29-52(41)56(55(50)38-47)53-30-15-13-28-49(53)51-36-43-22-10-11-23-44(43)37-54(51)56/h1-30,32,34-38,48H,31,33H2.